The van der Waals surface area contributed by atoms with Crippen LogP contribution in [0.3, 0.4) is 0 Å². The molecule has 56 valence electrons. The van der Waals surface area contributed by atoms with E-state index in [4.69, 9.17) is 9.47 Å². The summed E-state index contributed by atoms with van der Waals surface area (Å²) >= 11 is 0. The maximum absolute atomic E-state index is 5.26. The summed E-state index contributed by atoms with van der Waals surface area (Å²) in [5.74, 6) is 0. The summed E-state index contributed by atoms with van der Waals surface area (Å²) in [5, 5.41) is 0. The topological polar surface area (TPSA) is 18.5 Å². The SMILES string of the molecule is C1C/C(=C2/CCOC2)CO1. The van der Waals surface area contributed by atoms with Gasteiger partial charge in [0.05, 0.1) is 26.4 Å². The zero-order valence-corrected chi connectivity index (χ0v) is 6.06. The summed E-state index contributed by atoms with van der Waals surface area (Å²) < 4.78 is 10.5. The molecule has 0 unspecified atom stereocenters. The van der Waals surface area contributed by atoms with E-state index < -0.39 is 0 Å². The van der Waals surface area contributed by atoms with Crippen molar-refractivity contribution in [1.29, 1.82) is 0 Å². The van der Waals surface area contributed by atoms with Crippen molar-refractivity contribution in [3.05, 3.63) is 11.1 Å². The maximum Gasteiger partial charge on any atom is 0.0681 e. The van der Waals surface area contributed by atoms with Crippen LogP contribution in [0.1, 0.15) is 12.8 Å². The van der Waals surface area contributed by atoms with E-state index in [9.17, 15) is 0 Å². The van der Waals surface area contributed by atoms with Gasteiger partial charge < -0.3 is 9.47 Å². The van der Waals surface area contributed by atoms with E-state index in [1.165, 1.54) is 11.1 Å². The fourth-order valence-corrected chi connectivity index (χ4v) is 1.48. The second-order valence-corrected chi connectivity index (χ2v) is 2.81. The van der Waals surface area contributed by atoms with E-state index in [0.717, 1.165) is 39.3 Å². The molecule has 10 heavy (non-hydrogen) atoms. The van der Waals surface area contributed by atoms with Crippen molar-refractivity contribution in [3.8, 4) is 0 Å². The highest BCUT2D eigenvalue weighted by Crippen LogP contribution is 2.22. The van der Waals surface area contributed by atoms with Crippen molar-refractivity contribution < 1.29 is 9.47 Å². The Morgan fingerprint density at radius 1 is 0.800 bits per heavy atom. The Kier molecular flexibility index (Phi) is 1.74. The van der Waals surface area contributed by atoms with E-state index in [0.29, 0.717) is 0 Å². The molecule has 2 saturated heterocycles. The molecule has 0 bridgehead atoms. The first kappa shape index (κ1) is 6.38. The molecule has 0 aromatic carbocycles. The number of ether oxygens (including phenoxy) is 2. The quantitative estimate of drug-likeness (QED) is 0.469. The van der Waals surface area contributed by atoms with Crippen LogP contribution >= 0.6 is 0 Å². The van der Waals surface area contributed by atoms with Crippen LogP contribution in [0.5, 0.6) is 0 Å². The molecule has 2 aliphatic rings. The third-order valence-corrected chi connectivity index (χ3v) is 2.15. The first-order chi connectivity index (χ1) is 4.97. The van der Waals surface area contributed by atoms with E-state index in [2.05, 4.69) is 0 Å². The Bertz CT molecular complexity index is 127. The largest absolute Gasteiger partial charge is 0.377 e. The molecule has 0 spiro atoms. The first-order valence-corrected chi connectivity index (χ1v) is 3.82. The van der Waals surface area contributed by atoms with Gasteiger partial charge in [-0.15, -0.1) is 0 Å². The van der Waals surface area contributed by atoms with Crippen molar-refractivity contribution in [2.24, 2.45) is 0 Å². The predicted molar refractivity (Wildman–Crippen MR) is 37.9 cm³/mol. The second-order valence-electron chi connectivity index (χ2n) is 2.81. The Hall–Kier alpha value is -0.340. The molecule has 2 heteroatoms. The van der Waals surface area contributed by atoms with Gasteiger partial charge in [0.2, 0.25) is 0 Å². The van der Waals surface area contributed by atoms with Gasteiger partial charge in [0.15, 0.2) is 0 Å². The molecule has 0 radical (unpaired) electrons. The van der Waals surface area contributed by atoms with E-state index in [-0.39, 0.29) is 0 Å². The lowest BCUT2D eigenvalue weighted by Crippen LogP contribution is -1.90. The first-order valence-electron chi connectivity index (χ1n) is 3.82. The zero-order chi connectivity index (χ0) is 6.81. The lowest BCUT2D eigenvalue weighted by atomic mass is 10.1. The van der Waals surface area contributed by atoms with Crippen molar-refractivity contribution in [3.63, 3.8) is 0 Å². The van der Waals surface area contributed by atoms with Gasteiger partial charge in [-0.25, -0.2) is 0 Å². The minimum atomic E-state index is 0.860. The predicted octanol–water partition coefficient (Wildman–Crippen LogP) is 1.12. The van der Waals surface area contributed by atoms with Gasteiger partial charge in [-0.3, -0.25) is 0 Å². The van der Waals surface area contributed by atoms with Crippen LogP contribution in [-0.2, 0) is 9.47 Å². The second kappa shape index (κ2) is 2.72. The van der Waals surface area contributed by atoms with Crippen LogP contribution in [0, 0.1) is 0 Å². The molecule has 0 N–H and O–H groups in total. The van der Waals surface area contributed by atoms with Gasteiger partial charge >= 0.3 is 0 Å². The number of rotatable bonds is 0. The third kappa shape index (κ3) is 1.09. The van der Waals surface area contributed by atoms with Gasteiger partial charge in [0, 0.05) is 0 Å². The normalized spacial score (nSPS) is 33.6. The fourth-order valence-electron chi connectivity index (χ4n) is 1.48. The maximum atomic E-state index is 5.26. The highest BCUT2D eigenvalue weighted by Gasteiger charge is 2.16. The fraction of sp³-hybridized carbons (Fsp3) is 0.750. The van der Waals surface area contributed by atoms with E-state index in [1.807, 2.05) is 0 Å². The Morgan fingerprint density at radius 3 is 1.60 bits per heavy atom. The summed E-state index contributed by atoms with van der Waals surface area (Å²) in [5.41, 5.74) is 3.00. The van der Waals surface area contributed by atoms with Gasteiger partial charge in [0.1, 0.15) is 0 Å². The molecular weight excluding hydrogens is 128 g/mol. The Morgan fingerprint density at radius 2 is 1.30 bits per heavy atom. The van der Waals surface area contributed by atoms with Crippen LogP contribution in [0.2, 0.25) is 0 Å². The molecule has 0 aliphatic carbocycles. The van der Waals surface area contributed by atoms with Crippen molar-refractivity contribution in [1.82, 2.24) is 0 Å². The standard InChI is InChI=1S/C8H12O2/c1-3-9-5-7(1)8-2-4-10-6-8/h1-6H2/b8-7+. The highest BCUT2D eigenvalue weighted by atomic mass is 16.5. The van der Waals surface area contributed by atoms with Gasteiger partial charge in [-0.2, -0.15) is 0 Å². The van der Waals surface area contributed by atoms with Crippen molar-refractivity contribution >= 4 is 0 Å². The van der Waals surface area contributed by atoms with Gasteiger partial charge in [0.25, 0.3) is 0 Å². The van der Waals surface area contributed by atoms with Crippen molar-refractivity contribution in [2.75, 3.05) is 26.4 Å². The molecule has 0 amide bonds. The molecule has 2 aliphatic heterocycles. The number of hydrogen-bond acceptors (Lipinski definition) is 2. The minimum Gasteiger partial charge on any atom is -0.377 e. The van der Waals surface area contributed by atoms with Crippen LogP contribution in [0.4, 0.5) is 0 Å². The monoisotopic (exact) mass is 140 g/mol. The van der Waals surface area contributed by atoms with E-state index in [1.54, 1.807) is 0 Å². The average molecular weight is 140 g/mol. The number of hydrogen-bond donors (Lipinski definition) is 0. The summed E-state index contributed by atoms with van der Waals surface area (Å²) in [6, 6.07) is 0. The third-order valence-electron chi connectivity index (χ3n) is 2.15. The molecular formula is C8H12O2. The van der Waals surface area contributed by atoms with Crippen LogP contribution in [-0.4, -0.2) is 26.4 Å². The summed E-state index contributed by atoms with van der Waals surface area (Å²) in [7, 11) is 0. The average Bonchev–Trinajstić information content (AvgIpc) is 2.59. The Labute approximate surface area is 60.8 Å². The summed E-state index contributed by atoms with van der Waals surface area (Å²) in [4.78, 5) is 0. The lowest BCUT2D eigenvalue weighted by molar-refractivity contribution is 0.201. The minimum absolute atomic E-state index is 0.860. The van der Waals surface area contributed by atoms with Crippen LogP contribution < -0.4 is 0 Å². The highest BCUT2D eigenvalue weighted by molar-refractivity contribution is 5.19. The molecule has 0 atom stereocenters. The van der Waals surface area contributed by atoms with Gasteiger partial charge in [-0.05, 0) is 24.0 Å². The molecule has 2 heterocycles. The van der Waals surface area contributed by atoms with Gasteiger partial charge in [-0.1, -0.05) is 0 Å². The zero-order valence-electron chi connectivity index (χ0n) is 6.06. The molecule has 0 aromatic rings. The summed E-state index contributed by atoms with van der Waals surface area (Å²) in [6.45, 7) is 3.55. The molecule has 0 aromatic heterocycles. The van der Waals surface area contributed by atoms with E-state index >= 15 is 0 Å². The molecule has 2 nitrogen and oxygen atoms in total. The van der Waals surface area contributed by atoms with Crippen LogP contribution in [0.15, 0.2) is 11.1 Å². The van der Waals surface area contributed by atoms with Crippen LogP contribution in [0.25, 0.3) is 0 Å². The summed E-state index contributed by atoms with van der Waals surface area (Å²) in [6.07, 6.45) is 2.28. The molecule has 2 fully saturated rings. The molecule has 2 rings (SSSR count). The lowest BCUT2D eigenvalue weighted by Gasteiger charge is -1.97. The van der Waals surface area contributed by atoms with Crippen molar-refractivity contribution in [2.45, 2.75) is 12.8 Å². The molecule has 0 saturated carbocycles. The Balaban J connectivity index is 2.10. The smallest absolute Gasteiger partial charge is 0.0681 e.